The number of pyridine rings is 1. The summed E-state index contributed by atoms with van der Waals surface area (Å²) in [6, 6.07) is 9.52. The average molecular weight is 377 g/mol. The number of para-hydroxylation sites is 1. The number of hydrogen-bond donors (Lipinski definition) is 0. The first-order valence-electron chi connectivity index (χ1n) is 9.17. The van der Waals surface area contributed by atoms with Crippen LogP contribution in [-0.2, 0) is 7.05 Å². The smallest absolute Gasteiger partial charge is 0.271 e. The monoisotopic (exact) mass is 377 g/mol. The molecule has 1 fully saturated rings. The van der Waals surface area contributed by atoms with Crippen molar-refractivity contribution in [2.45, 2.75) is 32.1 Å². The third kappa shape index (κ3) is 2.26. The van der Waals surface area contributed by atoms with Crippen LogP contribution in [0, 0.1) is 6.92 Å². The minimum atomic E-state index is -0.264. The zero-order valence-corrected chi connectivity index (χ0v) is 16.0. The fourth-order valence-electron chi connectivity index (χ4n) is 4.00. The van der Waals surface area contributed by atoms with Gasteiger partial charge in [-0.3, -0.25) is 14.2 Å². The Hall–Kier alpha value is -2.73. The van der Waals surface area contributed by atoms with Crippen molar-refractivity contribution in [1.82, 2.24) is 14.1 Å². The van der Waals surface area contributed by atoms with E-state index < -0.39 is 0 Å². The Bertz CT molecular complexity index is 1310. The van der Waals surface area contributed by atoms with Crippen LogP contribution in [0.1, 0.15) is 35.9 Å². The highest BCUT2D eigenvalue weighted by molar-refractivity contribution is 7.11. The fraction of sp³-hybridized carbons (Fsp3) is 0.286. The van der Waals surface area contributed by atoms with Gasteiger partial charge in [0.15, 0.2) is 5.65 Å². The highest BCUT2D eigenvalue weighted by atomic mass is 32.1. The SMILES string of the molecule is Cc1scc2c(=O)c3c(=O)n(-c4ccccc4)c(C4CCC4)nc3n(C)c12. The zero-order valence-electron chi connectivity index (χ0n) is 15.2. The second-order valence-corrected chi connectivity index (χ2v) is 8.30. The van der Waals surface area contributed by atoms with Gasteiger partial charge in [0.25, 0.3) is 5.56 Å². The van der Waals surface area contributed by atoms with Gasteiger partial charge in [0.1, 0.15) is 11.2 Å². The molecule has 1 aromatic carbocycles. The molecule has 27 heavy (non-hydrogen) atoms. The Balaban J connectivity index is 1.99. The van der Waals surface area contributed by atoms with Crippen molar-refractivity contribution in [3.63, 3.8) is 0 Å². The second kappa shape index (κ2) is 5.89. The van der Waals surface area contributed by atoms with Gasteiger partial charge in [-0.15, -0.1) is 11.3 Å². The number of hydrogen-bond acceptors (Lipinski definition) is 4. The van der Waals surface area contributed by atoms with Crippen molar-refractivity contribution in [3.05, 3.63) is 67.0 Å². The van der Waals surface area contributed by atoms with E-state index in [0.29, 0.717) is 11.0 Å². The topological polar surface area (TPSA) is 56.9 Å². The molecule has 0 N–H and O–H groups in total. The standard InChI is InChI=1S/C21H19N3O2S/c1-12-17-15(11-27-12)18(25)16-20(23(17)2)22-19(13-7-6-8-13)24(21(16)26)14-9-4-3-5-10-14/h3-5,9-11,13H,6-8H2,1-2H3. The van der Waals surface area contributed by atoms with Crippen LogP contribution in [0.5, 0.6) is 0 Å². The molecule has 0 bridgehead atoms. The summed E-state index contributed by atoms with van der Waals surface area (Å²) >= 11 is 1.53. The lowest BCUT2D eigenvalue weighted by Gasteiger charge is -2.28. The maximum Gasteiger partial charge on any atom is 0.271 e. The van der Waals surface area contributed by atoms with Gasteiger partial charge < -0.3 is 4.57 Å². The molecular weight excluding hydrogens is 358 g/mol. The number of rotatable bonds is 2. The summed E-state index contributed by atoms with van der Waals surface area (Å²) < 4.78 is 3.56. The van der Waals surface area contributed by atoms with Crippen molar-refractivity contribution in [2.75, 3.05) is 0 Å². The minimum Gasteiger partial charge on any atom is -0.327 e. The van der Waals surface area contributed by atoms with Crippen molar-refractivity contribution >= 4 is 33.3 Å². The largest absolute Gasteiger partial charge is 0.327 e. The van der Waals surface area contributed by atoms with Crippen LogP contribution in [0.25, 0.3) is 27.6 Å². The molecule has 3 heterocycles. The van der Waals surface area contributed by atoms with Gasteiger partial charge in [0.2, 0.25) is 5.43 Å². The van der Waals surface area contributed by atoms with Crippen molar-refractivity contribution in [3.8, 4) is 5.69 Å². The summed E-state index contributed by atoms with van der Waals surface area (Å²) in [5.74, 6) is 1.03. The van der Waals surface area contributed by atoms with Gasteiger partial charge >= 0.3 is 0 Å². The molecule has 5 nitrogen and oxygen atoms in total. The predicted molar refractivity (Wildman–Crippen MR) is 109 cm³/mol. The van der Waals surface area contributed by atoms with Gasteiger partial charge in [-0.1, -0.05) is 24.6 Å². The lowest BCUT2D eigenvalue weighted by atomic mass is 9.84. The van der Waals surface area contributed by atoms with Crippen molar-refractivity contribution in [2.24, 2.45) is 7.05 Å². The number of thiophene rings is 1. The van der Waals surface area contributed by atoms with Gasteiger partial charge in [0, 0.05) is 23.2 Å². The molecule has 1 aliphatic rings. The third-order valence-corrected chi connectivity index (χ3v) is 6.54. The van der Waals surface area contributed by atoms with Gasteiger partial charge in [-0.25, -0.2) is 4.98 Å². The van der Waals surface area contributed by atoms with E-state index in [1.54, 1.807) is 4.57 Å². The van der Waals surface area contributed by atoms with Crippen molar-refractivity contribution in [1.29, 1.82) is 0 Å². The van der Waals surface area contributed by atoms with E-state index in [1.165, 1.54) is 11.3 Å². The maximum absolute atomic E-state index is 13.5. The molecule has 0 atom stereocenters. The van der Waals surface area contributed by atoms with Crippen LogP contribution in [0.4, 0.5) is 0 Å². The third-order valence-electron chi connectivity index (χ3n) is 5.64. The normalized spacial score (nSPS) is 14.7. The Morgan fingerprint density at radius 1 is 1.15 bits per heavy atom. The molecule has 1 aliphatic carbocycles. The van der Waals surface area contributed by atoms with Crippen LogP contribution in [0.3, 0.4) is 0 Å². The molecule has 0 amide bonds. The highest BCUT2D eigenvalue weighted by Gasteiger charge is 2.28. The Labute approximate surface area is 159 Å². The first kappa shape index (κ1) is 16.4. The Morgan fingerprint density at radius 3 is 2.56 bits per heavy atom. The molecule has 0 spiro atoms. The van der Waals surface area contributed by atoms with Crippen molar-refractivity contribution < 1.29 is 0 Å². The van der Waals surface area contributed by atoms with E-state index in [0.717, 1.165) is 41.2 Å². The summed E-state index contributed by atoms with van der Waals surface area (Å²) in [6.07, 6.45) is 3.20. The molecule has 0 unspecified atom stereocenters. The summed E-state index contributed by atoms with van der Waals surface area (Å²) in [5, 5.41) is 2.62. The van der Waals surface area contributed by atoms with E-state index in [-0.39, 0.29) is 22.3 Å². The molecule has 0 saturated heterocycles. The van der Waals surface area contributed by atoms with Crippen LogP contribution in [-0.4, -0.2) is 14.1 Å². The van der Waals surface area contributed by atoms with E-state index in [4.69, 9.17) is 4.98 Å². The molecule has 3 aromatic heterocycles. The molecule has 6 heteroatoms. The molecule has 136 valence electrons. The summed E-state index contributed by atoms with van der Waals surface area (Å²) in [7, 11) is 1.90. The Kier molecular flexibility index (Phi) is 3.59. The number of aromatic nitrogens is 3. The maximum atomic E-state index is 13.5. The molecule has 5 rings (SSSR count). The second-order valence-electron chi connectivity index (χ2n) is 7.21. The van der Waals surface area contributed by atoms with Gasteiger partial charge in [0.05, 0.1) is 16.6 Å². The van der Waals surface area contributed by atoms with E-state index >= 15 is 0 Å². The molecule has 0 aliphatic heterocycles. The summed E-state index contributed by atoms with van der Waals surface area (Å²) in [5.41, 5.74) is 1.65. The quantitative estimate of drug-likeness (QED) is 0.533. The Morgan fingerprint density at radius 2 is 1.89 bits per heavy atom. The summed E-state index contributed by atoms with van der Waals surface area (Å²) in [6.45, 7) is 2.00. The lowest BCUT2D eigenvalue weighted by Crippen LogP contribution is -2.31. The van der Waals surface area contributed by atoms with Gasteiger partial charge in [-0.05, 0) is 31.9 Å². The number of benzene rings is 1. The number of nitrogens with zero attached hydrogens (tertiary/aromatic N) is 3. The minimum absolute atomic E-state index is 0.176. The van der Waals surface area contributed by atoms with Crippen LogP contribution >= 0.6 is 11.3 Å². The molecular formula is C21H19N3O2S. The molecule has 4 aromatic rings. The first-order valence-corrected chi connectivity index (χ1v) is 10.0. The van der Waals surface area contributed by atoms with E-state index in [1.807, 2.05) is 54.3 Å². The first-order chi connectivity index (χ1) is 13.1. The molecule has 1 saturated carbocycles. The van der Waals surface area contributed by atoms with Crippen LogP contribution in [0.15, 0.2) is 45.3 Å². The van der Waals surface area contributed by atoms with E-state index in [9.17, 15) is 9.59 Å². The molecule has 0 radical (unpaired) electrons. The highest BCUT2D eigenvalue weighted by Crippen LogP contribution is 2.36. The zero-order chi connectivity index (χ0) is 18.7. The number of aryl methyl sites for hydroxylation is 2. The van der Waals surface area contributed by atoms with Crippen LogP contribution in [0.2, 0.25) is 0 Å². The average Bonchev–Trinajstić information content (AvgIpc) is 3.01. The fourth-order valence-corrected chi connectivity index (χ4v) is 4.87. The predicted octanol–water partition coefficient (Wildman–Crippen LogP) is 3.88. The number of fused-ring (bicyclic) bond motifs is 2. The summed E-state index contributed by atoms with van der Waals surface area (Å²) in [4.78, 5) is 32.7. The van der Waals surface area contributed by atoms with E-state index in [2.05, 4.69) is 0 Å². The van der Waals surface area contributed by atoms with Gasteiger partial charge in [-0.2, -0.15) is 0 Å². The van der Waals surface area contributed by atoms with Crippen LogP contribution < -0.4 is 11.0 Å². The lowest BCUT2D eigenvalue weighted by molar-refractivity contribution is 0.394.